The van der Waals surface area contributed by atoms with Crippen LogP contribution in [-0.2, 0) is 18.3 Å². The lowest BCUT2D eigenvalue weighted by Gasteiger charge is -2.41. The second kappa shape index (κ2) is 15.7. The molecular formula is C50H55NO2S. The highest BCUT2D eigenvalue weighted by Crippen LogP contribution is 2.57. The number of Topliss-reactive ketones (excluding diaryl/α,β-unsaturated/α-hetero) is 2. The van der Waals surface area contributed by atoms with Gasteiger partial charge in [0.1, 0.15) is 5.00 Å². The summed E-state index contributed by atoms with van der Waals surface area (Å²) in [6, 6.07) is 28.2. The minimum atomic E-state index is -0.332. The lowest BCUT2D eigenvalue weighted by molar-refractivity contribution is 0.0990. The standard InChI is InChI=1S/C50H55NO2S/c1-8-10-12-14-19-35-21-18-22-36(20-15-13-11-9-2)46(35)51-44-26-25-37(45-33(4)27-32(3)28-34(45)5)29-42(44)50(6,7)43-31-38(54-49(43)51)30-41-47(52)39-23-16-17-24-40(39)48(41)53/h16-18,21-31H,8-15,19-20H2,1-7H3. The molecule has 5 aromatic rings. The Labute approximate surface area is 327 Å². The van der Waals surface area contributed by atoms with Crippen LogP contribution in [0, 0.1) is 20.8 Å². The molecule has 1 aliphatic carbocycles. The van der Waals surface area contributed by atoms with E-state index in [4.69, 9.17) is 0 Å². The molecule has 0 saturated carbocycles. The van der Waals surface area contributed by atoms with Crippen LogP contribution in [0.4, 0.5) is 16.4 Å². The van der Waals surface area contributed by atoms with E-state index in [9.17, 15) is 9.59 Å². The average molecular weight is 734 g/mol. The van der Waals surface area contributed by atoms with Gasteiger partial charge in [0.25, 0.3) is 0 Å². The highest BCUT2D eigenvalue weighted by atomic mass is 32.1. The number of nitrogens with zero attached hydrogens (tertiary/aromatic N) is 1. The van der Waals surface area contributed by atoms with E-state index in [0.29, 0.717) is 11.1 Å². The van der Waals surface area contributed by atoms with Crippen molar-refractivity contribution in [2.45, 2.75) is 118 Å². The maximum atomic E-state index is 13.6. The van der Waals surface area contributed by atoms with E-state index in [1.165, 1.54) is 105 Å². The number of benzene rings is 4. The third-order valence-corrected chi connectivity index (χ3v) is 12.8. The van der Waals surface area contributed by atoms with Crippen molar-refractivity contribution in [2.75, 3.05) is 4.90 Å². The molecule has 1 aromatic heterocycles. The van der Waals surface area contributed by atoms with Gasteiger partial charge >= 0.3 is 0 Å². The number of rotatable bonds is 13. The van der Waals surface area contributed by atoms with Crippen LogP contribution in [0.2, 0.25) is 0 Å². The van der Waals surface area contributed by atoms with E-state index in [1.54, 1.807) is 23.5 Å². The van der Waals surface area contributed by atoms with Crippen LogP contribution < -0.4 is 4.90 Å². The van der Waals surface area contributed by atoms with E-state index >= 15 is 0 Å². The Morgan fingerprint density at radius 1 is 0.667 bits per heavy atom. The summed E-state index contributed by atoms with van der Waals surface area (Å²) >= 11 is 1.71. The topological polar surface area (TPSA) is 37.4 Å². The number of anilines is 3. The summed E-state index contributed by atoms with van der Waals surface area (Å²) in [4.78, 5) is 30.7. The number of hydrogen-bond donors (Lipinski definition) is 0. The predicted octanol–water partition coefficient (Wildman–Crippen LogP) is 14.2. The highest BCUT2D eigenvalue weighted by molar-refractivity contribution is 7.17. The molecule has 278 valence electrons. The first-order valence-corrected chi connectivity index (χ1v) is 21.0. The van der Waals surface area contributed by atoms with Gasteiger partial charge in [0.05, 0.1) is 16.9 Å². The number of fused-ring (bicyclic) bond motifs is 3. The van der Waals surface area contributed by atoms with Crippen molar-refractivity contribution < 1.29 is 9.59 Å². The molecule has 2 heterocycles. The summed E-state index contributed by atoms with van der Waals surface area (Å²) in [5.74, 6) is -0.358. The Balaban J connectivity index is 1.44. The quantitative estimate of drug-likeness (QED) is 0.0687. The number of thiophene rings is 1. The van der Waals surface area contributed by atoms with Gasteiger partial charge in [0, 0.05) is 21.4 Å². The molecule has 0 saturated heterocycles. The van der Waals surface area contributed by atoms with Gasteiger partial charge in [0.2, 0.25) is 0 Å². The molecule has 2 aliphatic rings. The summed E-state index contributed by atoms with van der Waals surface area (Å²) in [5, 5.41) is 1.18. The number of carbonyl (C=O) groups is 2. The van der Waals surface area contributed by atoms with E-state index in [2.05, 4.69) is 108 Å². The minimum absolute atomic E-state index is 0.179. The first-order chi connectivity index (χ1) is 26.0. The van der Waals surface area contributed by atoms with Crippen molar-refractivity contribution in [1.82, 2.24) is 0 Å². The van der Waals surface area contributed by atoms with Crippen LogP contribution in [0.25, 0.3) is 17.2 Å². The van der Waals surface area contributed by atoms with E-state index < -0.39 is 0 Å². The number of ketones is 2. The molecule has 0 fully saturated rings. The van der Waals surface area contributed by atoms with Gasteiger partial charge in [-0.25, -0.2) is 0 Å². The largest absolute Gasteiger partial charge is 0.301 e. The number of para-hydroxylation sites is 1. The Kier molecular flexibility index (Phi) is 11.0. The average Bonchev–Trinajstić information content (AvgIpc) is 3.68. The number of carbonyl (C=O) groups excluding carboxylic acids is 2. The van der Waals surface area contributed by atoms with Crippen LogP contribution in [0.15, 0.2) is 84.4 Å². The Bertz CT molecular complexity index is 2180. The molecule has 0 radical (unpaired) electrons. The summed E-state index contributed by atoms with van der Waals surface area (Å²) < 4.78 is 0. The molecule has 54 heavy (non-hydrogen) atoms. The third-order valence-electron chi connectivity index (χ3n) is 11.7. The Morgan fingerprint density at radius 3 is 1.83 bits per heavy atom. The fourth-order valence-electron chi connectivity index (χ4n) is 8.95. The summed E-state index contributed by atoms with van der Waals surface area (Å²) in [5.41, 5.74) is 15.2. The molecule has 0 unspecified atom stereocenters. The van der Waals surface area contributed by atoms with E-state index in [-0.39, 0.29) is 22.6 Å². The first kappa shape index (κ1) is 37.8. The van der Waals surface area contributed by atoms with Gasteiger partial charge < -0.3 is 4.90 Å². The van der Waals surface area contributed by atoms with Crippen LogP contribution in [0.5, 0.6) is 0 Å². The molecule has 3 nitrogen and oxygen atoms in total. The van der Waals surface area contributed by atoms with E-state index in [0.717, 1.165) is 30.6 Å². The molecule has 1 aliphatic heterocycles. The van der Waals surface area contributed by atoms with Crippen LogP contribution >= 0.6 is 11.3 Å². The second-order valence-electron chi connectivity index (χ2n) is 16.1. The SMILES string of the molecule is CCCCCCc1cccc(CCCCCC)c1N1c2ccc(-c3c(C)cc(C)cc3C)cc2C(C)(C)c2cc(C=C3C(=O)c4ccccc4C3=O)sc21. The number of hydrogen-bond acceptors (Lipinski definition) is 4. The van der Waals surface area contributed by atoms with Gasteiger partial charge in [-0.2, -0.15) is 0 Å². The fraction of sp³-hybridized carbons (Fsp3) is 0.360. The van der Waals surface area contributed by atoms with Crippen molar-refractivity contribution in [2.24, 2.45) is 0 Å². The van der Waals surface area contributed by atoms with Gasteiger partial charge in [0.15, 0.2) is 11.6 Å². The van der Waals surface area contributed by atoms with Crippen molar-refractivity contribution in [3.05, 3.63) is 139 Å². The summed E-state index contributed by atoms with van der Waals surface area (Å²) in [6.45, 7) is 15.9. The molecule has 0 N–H and O–H groups in total. The zero-order chi connectivity index (χ0) is 38.1. The zero-order valence-electron chi connectivity index (χ0n) is 33.3. The van der Waals surface area contributed by atoms with Gasteiger partial charge in [-0.15, -0.1) is 11.3 Å². The zero-order valence-corrected chi connectivity index (χ0v) is 34.1. The van der Waals surface area contributed by atoms with Crippen LogP contribution in [0.3, 0.4) is 0 Å². The lowest BCUT2D eigenvalue weighted by atomic mass is 9.74. The molecule has 4 aromatic carbocycles. The maximum Gasteiger partial charge on any atom is 0.197 e. The molecule has 7 rings (SSSR count). The molecule has 0 amide bonds. The summed E-state index contributed by atoms with van der Waals surface area (Å²) in [7, 11) is 0. The normalized spacial score (nSPS) is 14.4. The highest BCUT2D eigenvalue weighted by Gasteiger charge is 2.41. The van der Waals surface area contributed by atoms with Crippen molar-refractivity contribution >= 4 is 45.4 Å². The van der Waals surface area contributed by atoms with Gasteiger partial charge in [-0.3, -0.25) is 9.59 Å². The van der Waals surface area contributed by atoms with E-state index in [1.807, 2.05) is 18.2 Å². The van der Waals surface area contributed by atoms with Gasteiger partial charge in [-0.05, 0) is 115 Å². The predicted molar refractivity (Wildman–Crippen MR) is 230 cm³/mol. The Hall–Kier alpha value is -4.54. The van der Waals surface area contributed by atoms with Crippen molar-refractivity contribution in [3.8, 4) is 11.1 Å². The number of allylic oxidation sites excluding steroid dienone is 1. The van der Waals surface area contributed by atoms with Crippen LogP contribution in [0.1, 0.15) is 144 Å². The minimum Gasteiger partial charge on any atom is -0.301 e. The first-order valence-electron chi connectivity index (χ1n) is 20.2. The monoisotopic (exact) mass is 733 g/mol. The third kappa shape index (κ3) is 6.94. The summed E-state index contributed by atoms with van der Waals surface area (Å²) in [6.07, 6.45) is 13.6. The molecule has 0 atom stereocenters. The van der Waals surface area contributed by atoms with Crippen molar-refractivity contribution in [3.63, 3.8) is 0 Å². The smallest absolute Gasteiger partial charge is 0.197 e. The fourth-order valence-corrected chi connectivity index (χ4v) is 10.2. The molecule has 0 bridgehead atoms. The lowest BCUT2D eigenvalue weighted by Crippen LogP contribution is -2.30. The van der Waals surface area contributed by atoms with Gasteiger partial charge in [-0.1, -0.05) is 132 Å². The van der Waals surface area contributed by atoms with Crippen molar-refractivity contribution in [1.29, 1.82) is 0 Å². The molecular weight excluding hydrogens is 679 g/mol. The molecule has 0 spiro atoms. The van der Waals surface area contributed by atoms with Crippen LogP contribution in [-0.4, -0.2) is 11.6 Å². The maximum absolute atomic E-state index is 13.6. The molecule has 4 heteroatoms. The number of aryl methyl sites for hydroxylation is 5. The second-order valence-corrected chi connectivity index (χ2v) is 17.2. The Morgan fingerprint density at radius 2 is 1.26 bits per heavy atom. The number of unbranched alkanes of at least 4 members (excludes halogenated alkanes) is 6.